The van der Waals surface area contributed by atoms with E-state index in [1.807, 2.05) is 36.6 Å². The number of thiazole rings is 1. The Bertz CT molecular complexity index is 1030. The Kier molecular flexibility index (Phi) is 3.73. The van der Waals surface area contributed by atoms with E-state index in [-0.39, 0.29) is 0 Å². The van der Waals surface area contributed by atoms with E-state index in [1.165, 1.54) is 4.88 Å². The molecule has 0 saturated carbocycles. The number of rotatable bonds is 3. The van der Waals surface area contributed by atoms with Crippen molar-refractivity contribution < 1.29 is 0 Å². The molecule has 25 heavy (non-hydrogen) atoms. The first-order valence-electron chi connectivity index (χ1n) is 8.00. The Hall–Kier alpha value is -2.80. The van der Waals surface area contributed by atoms with Gasteiger partial charge < -0.3 is 10.3 Å². The highest BCUT2D eigenvalue weighted by Gasteiger charge is 2.21. The quantitative estimate of drug-likeness (QED) is 0.612. The predicted molar refractivity (Wildman–Crippen MR) is 99.7 cm³/mol. The van der Waals surface area contributed by atoms with E-state index < -0.39 is 0 Å². The van der Waals surface area contributed by atoms with Crippen LogP contribution in [-0.2, 0) is 6.54 Å². The summed E-state index contributed by atoms with van der Waals surface area (Å²) < 4.78 is 1.99. The van der Waals surface area contributed by atoms with E-state index >= 15 is 0 Å². The highest BCUT2D eigenvalue weighted by atomic mass is 32.1. The molecule has 3 heterocycles. The Morgan fingerprint density at radius 3 is 2.60 bits per heavy atom. The van der Waals surface area contributed by atoms with Gasteiger partial charge in [-0.3, -0.25) is 0 Å². The van der Waals surface area contributed by atoms with Crippen molar-refractivity contribution in [3.05, 3.63) is 51.7 Å². The zero-order valence-electron chi connectivity index (χ0n) is 14.3. The van der Waals surface area contributed by atoms with Crippen LogP contribution in [0.5, 0.6) is 0 Å². The van der Waals surface area contributed by atoms with Gasteiger partial charge in [-0.05, 0) is 26.3 Å². The topological polar surface area (TPSA) is 82.5 Å². The van der Waals surface area contributed by atoms with E-state index in [4.69, 9.17) is 10.7 Å². The first kappa shape index (κ1) is 15.7. The van der Waals surface area contributed by atoms with Crippen molar-refractivity contribution in [2.24, 2.45) is 0 Å². The third-order valence-corrected chi connectivity index (χ3v) is 5.25. The van der Waals surface area contributed by atoms with Gasteiger partial charge in [-0.15, -0.1) is 11.3 Å². The molecule has 0 bridgehead atoms. The third-order valence-electron chi connectivity index (χ3n) is 4.19. The number of nitrogen functional groups attached to an aromatic ring is 1. The molecule has 0 radical (unpaired) electrons. The fourth-order valence-corrected chi connectivity index (χ4v) is 3.82. The van der Waals surface area contributed by atoms with Crippen LogP contribution in [0.2, 0.25) is 0 Å². The number of nitrogens with zero attached hydrogens (tertiary/aromatic N) is 5. The molecule has 2 aliphatic heterocycles. The second kappa shape index (κ2) is 5.93. The number of aromatic nitrogens is 5. The maximum absolute atomic E-state index is 6.05. The summed E-state index contributed by atoms with van der Waals surface area (Å²) in [7, 11) is 0. The van der Waals surface area contributed by atoms with Crippen LogP contribution < -0.4 is 5.73 Å². The molecule has 4 rings (SSSR count). The van der Waals surface area contributed by atoms with Crippen molar-refractivity contribution in [3.63, 3.8) is 0 Å². The van der Waals surface area contributed by atoms with Crippen LogP contribution in [0.15, 0.2) is 30.6 Å². The number of benzene rings is 1. The lowest BCUT2D eigenvalue weighted by Gasteiger charge is -2.10. The van der Waals surface area contributed by atoms with Gasteiger partial charge in [0.2, 0.25) is 0 Å². The monoisotopic (exact) mass is 350 g/mol. The smallest absolute Gasteiger partial charge is 0.166 e. The summed E-state index contributed by atoms with van der Waals surface area (Å²) in [6, 6.07) is 8.07. The summed E-state index contributed by atoms with van der Waals surface area (Å²) in [6.07, 6.45) is 1.72. The number of imidazole rings is 1. The molecule has 0 atom stereocenters. The molecule has 0 aliphatic carbocycles. The Morgan fingerprint density at radius 2 is 1.88 bits per heavy atom. The second-order valence-corrected chi connectivity index (χ2v) is 7.32. The summed E-state index contributed by atoms with van der Waals surface area (Å²) in [6.45, 7) is 6.75. The molecule has 126 valence electrons. The largest absolute Gasteiger partial charge is 0.382 e. The lowest BCUT2D eigenvalue weighted by Crippen LogP contribution is -2.09. The zero-order valence-corrected chi connectivity index (χ0v) is 15.1. The first-order valence-corrected chi connectivity index (χ1v) is 8.82. The van der Waals surface area contributed by atoms with Crippen LogP contribution >= 0.6 is 11.3 Å². The molecule has 0 amide bonds. The fraction of sp³-hybridized carbons (Fsp3) is 0.222. The lowest BCUT2D eigenvalue weighted by molar-refractivity contribution is 0.767. The number of aryl methyl sites for hydroxylation is 3. The fourth-order valence-electron chi connectivity index (χ4n) is 2.89. The molecule has 2 aliphatic rings. The number of hydrogen-bond acceptors (Lipinski definition) is 6. The van der Waals surface area contributed by atoms with Crippen LogP contribution in [0.3, 0.4) is 0 Å². The van der Waals surface area contributed by atoms with Gasteiger partial charge in [0, 0.05) is 10.4 Å². The molecule has 2 N–H and O–H groups in total. The van der Waals surface area contributed by atoms with Crippen molar-refractivity contribution >= 4 is 17.2 Å². The number of anilines is 1. The second-order valence-electron chi connectivity index (χ2n) is 6.03. The zero-order chi connectivity index (χ0) is 17.6. The maximum Gasteiger partial charge on any atom is 0.166 e. The van der Waals surface area contributed by atoms with Gasteiger partial charge in [0.15, 0.2) is 23.2 Å². The van der Waals surface area contributed by atoms with Crippen molar-refractivity contribution in [2.45, 2.75) is 27.3 Å². The van der Waals surface area contributed by atoms with Crippen molar-refractivity contribution in [3.8, 4) is 22.9 Å². The standard InChI is InChI=1S/C18H18N6S/c1-10-6-4-5-7-13(10)17-22-15-16(19)20-9-24(18(15)23-17)8-14-11(2)21-12(3)25-14/h4-7,9H,8,19H2,1-3H3. The number of nitrogens with two attached hydrogens (primary N) is 1. The van der Waals surface area contributed by atoms with Gasteiger partial charge in [0.25, 0.3) is 0 Å². The summed E-state index contributed by atoms with van der Waals surface area (Å²) in [5.41, 5.74) is 9.86. The van der Waals surface area contributed by atoms with E-state index in [0.717, 1.165) is 27.7 Å². The molecule has 0 unspecified atom stereocenters. The Balaban J connectivity index is 1.83. The molecule has 1 aromatic carbocycles. The van der Waals surface area contributed by atoms with Gasteiger partial charge in [0.05, 0.1) is 23.6 Å². The van der Waals surface area contributed by atoms with Gasteiger partial charge in [-0.25, -0.2) is 19.9 Å². The van der Waals surface area contributed by atoms with Gasteiger partial charge in [-0.2, -0.15) is 0 Å². The maximum atomic E-state index is 6.05. The molecule has 1 aromatic heterocycles. The molecule has 0 fully saturated rings. The normalized spacial score (nSPS) is 11.3. The van der Waals surface area contributed by atoms with Crippen molar-refractivity contribution in [2.75, 3.05) is 5.73 Å². The molecule has 6 nitrogen and oxygen atoms in total. The average Bonchev–Trinajstić information content (AvgIpc) is 3.15. The van der Waals surface area contributed by atoms with Crippen molar-refractivity contribution in [1.29, 1.82) is 0 Å². The summed E-state index contributed by atoms with van der Waals surface area (Å²) in [4.78, 5) is 19.4. The summed E-state index contributed by atoms with van der Waals surface area (Å²) in [5, 5.41) is 1.06. The lowest BCUT2D eigenvalue weighted by atomic mass is 10.1. The minimum atomic E-state index is 0.399. The summed E-state index contributed by atoms with van der Waals surface area (Å²) in [5.74, 6) is 1.82. The van der Waals surface area contributed by atoms with E-state index in [9.17, 15) is 0 Å². The van der Waals surface area contributed by atoms with Crippen LogP contribution in [0, 0.1) is 20.8 Å². The van der Waals surface area contributed by atoms with Gasteiger partial charge in [-0.1, -0.05) is 24.3 Å². The van der Waals surface area contributed by atoms with Gasteiger partial charge in [0.1, 0.15) is 0 Å². The molecule has 0 spiro atoms. The van der Waals surface area contributed by atoms with Crippen LogP contribution in [0.4, 0.5) is 5.82 Å². The third kappa shape index (κ3) is 2.76. The molecule has 0 saturated heterocycles. The van der Waals surface area contributed by atoms with Crippen LogP contribution in [0.1, 0.15) is 21.1 Å². The van der Waals surface area contributed by atoms with Crippen molar-refractivity contribution in [1.82, 2.24) is 24.5 Å². The number of fused-ring (bicyclic) bond motifs is 1. The molecular weight excluding hydrogens is 332 g/mol. The van der Waals surface area contributed by atoms with Crippen LogP contribution in [-0.4, -0.2) is 24.5 Å². The van der Waals surface area contributed by atoms with E-state index in [0.29, 0.717) is 23.9 Å². The minimum Gasteiger partial charge on any atom is -0.382 e. The average molecular weight is 350 g/mol. The van der Waals surface area contributed by atoms with E-state index in [1.54, 1.807) is 17.7 Å². The molecule has 7 heteroatoms. The predicted octanol–water partition coefficient (Wildman–Crippen LogP) is 3.46. The van der Waals surface area contributed by atoms with E-state index in [2.05, 4.69) is 27.9 Å². The Morgan fingerprint density at radius 1 is 1.08 bits per heavy atom. The molecular formula is C18H18N6S. The van der Waals surface area contributed by atoms with Gasteiger partial charge >= 0.3 is 0 Å². The van der Waals surface area contributed by atoms with Crippen LogP contribution in [0.25, 0.3) is 22.9 Å². The number of hydrogen-bond donors (Lipinski definition) is 1. The first-order chi connectivity index (χ1) is 12.0. The minimum absolute atomic E-state index is 0.399. The highest BCUT2D eigenvalue weighted by molar-refractivity contribution is 7.11. The Labute approximate surface area is 149 Å². The molecule has 2 aromatic rings. The summed E-state index contributed by atoms with van der Waals surface area (Å²) >= 11 is 1.69. The SMILES string of the molecule is Cc1nc(C)c(Cn2cnc(N)c3nc(-c4ccccc4C)nc2-3)s1. The highest BCUT2D eigenvalue weighted by Crippen LogP contribution is 2.30.